The Labute approximate surface area is 61.2 Å². The molecule has 2 fully saturated rings. The van der Waals surface area contributed by atoms with Gasteiger partial charge in [-0.2, -0.15) is 0 Å². The first-order chi connectivity index (χ1) is 3.86. The number of fused-ring (bicyclic) bond motifs is 2. The molecule has 54 valence electrons. The van der Waals surface area contributed by atoms with Gasteiger partial charge in [-0.1, -0.05) is 0 Å². The lowest BCUT2D eigenvalue weighted by molar-refractivity contribution is 0.101. The minimum atomic E-state index is 0. The predicted octanol–water partition coefficient (Wildman–Crippen LogP) is 0.687. The second-order valence-corrected chi connectivity index (χ2v) is 2.77. The third-order valence-corrected chi connectivity index (χ3v) is 2.15. The molecule has 0 unspecified atom stereocenters. The van der Waals surface area contributed by atoms with Crippen LogP contribution in [0.1, 0.15) is 19.3 Å². The fourth-order valence-corrected chi connectivity index (χ4v) is 1.68. The molecule has 2 N–H and O–H groups in total. The summed E-state index contributed by atoms with van der Waals surface area (Å²) in [5.74, 6) is 0. The van der Waals surface area contributed by atoms with E-state index < -0.39 is 0 Å². The second-order valence-electron chi connectivity index (χ2n) is 2.77. The molecule has 0 aromatic rings. The van der Waals surface area contributed by atoms with Crippen molar-refractivity contribution in [2.75, 3.05) is 0 Å². The molecule has 0 spiro atoms. The van der Waals surface area contributed by atoms with Gasteiger partial charge in [-0.05, 0) is 19.3 Å². The fourth-order valence-electron chi connectivity index (χ4n) is 1.68. The van der Waals surface area contributed by atoms with Gasteiger partial charge in [-0.3, -0.25) is 0 Å². The molecule has 2 saturated heterocycles. The first kappa shape index (κ1) is 7.32. The fraction of sp³-hybridized carbons (Fsp3) is 1.00. The van der Waals surface area contributed by atoms with Crippen molar-refractivity contribution in [3.63, 3.8) is 0 Å². The van der Waals surface area contributed by atoms with Crippen LogP contribution in [-0.4, -0.2) is 18.2 Å². The van der Waals surface area contributed by atoms with Crippen LogP contribution in [0.25, 0.3) is 0 Å². The van der Waals surface area contributed by atoms with Crippen molar-refractivity contribution in [3.8, 4) is 0 Å². The van der Waals surface area contributed by atoms with Gasteiger partial charge in [0.15, 0.2) is 0 Å². The Kier molecular flexibility index (Phi) is 1.99. The molecule has 9 heavy (non-hydrogen) atoms. The Morgan fingerprint density at radius 3 is 2.33 bits per heavy atom. The van der Waals surface area contributed by atoms with Crippen molar-refractivity contribution >= 4 is 12.4 Å². The Hall–Kier alpha value is 0.210. The highest BCUT2D eigenvalue weighted by atomic mass is 35.5. The van der Waals surface area contributed by atoms with E-state index in [-0.39, 0.29) is 12.4 Å². The van der Waals surface area contributed by atoms with Gasteiger partial charge in [0.1, 0.15) is 0 Å². The van der Waals surface area contributed by atoms with Gasteiger partial charge in [0.05, 0.1) is 12.2 Å². The van der Waals surface area contributed by atoms with Crippen molar-refractivity contribution in [2.45, 2.75) is 37.5 Å². The zero-order chi connectivity index (χ0) is 5.56. The molecule has 0 aliphatic carbocycles. The molecular formula is C6H12ClNO. The van der Waals surface area contributed by atoms with Crippen molar-refractivity contribution in [3.05, 3.63) is 0 Å². The zero-order valence-electron chi connectivity index (χ0n) is 5.25. The van der Waals surface area contributed by atoms with E-state index in [1.165, 1.54) is 12.8 Å². The topological polar surface area (TPSA) is 35.2 Å². The summed E-state index contributed by atoms with van der Waals surface area (Å²) in [4.78, 5) is 0. The smallest absolute Gasteiger partial charge is 0.0731 e. The van der Waals surface area contributed by atoms with Gasteiger partial charge < -0.3 is 10.5 Å². The van der Waals surface area contributed by atoms with Crippen LogP contribution in [0.15, 0.2) is 0 Å². The summed E-state index contributed by atoms with van der Waals surface area (Å²) >= 11 is 0. The Balaban J connectivity index is 0.000000405. The Morgan fingerprint density at radius 1 is 1.33 bits per heavy atom. The van der Waals surface area contributed by atoms with Crippen LogP contribution in [0.5, 0.6) is 0 Å². The molecule has 0 amide bonds. The largest absolute Gasteiger partial charge is 0.373 e. The van der Waals surface area contributed by atoms with Gasteiger partial charge in [0.25, 0.3) is 0 Å². The molecule has 2 aliphatic heterocycles. The van der Waals surface area contributed by atoms with Crippen molar-refractivity contribution < 1.29 is 4.74 Å². The molecule has 2 rings (SSSR count). The highest BCUT2D eigenvalue weighted by Gasteiger charge is 2.38. The van der Waals surface area contributed by atoms with E-state index in [2.05, 4.69) is 0 Å². The summed E-state index contributed by atoms with van der Waals surface area (Å²) in [5, 5.41) is 0. The molecule has 0 radical (unpaired) electrons. The molecule has 0 aromatic heterocycles. The van der Waals surface area contributed by atoms with Crippen molar-refractivity contribution in [2.24, 2.45) is 5.73 Å². The standard InChI is InChI=1S/C6H11NO.ClH/c7-5-3-4-1-2-6(5)8-4;/h4-6H,1-3,7H2;1H/t4-,5-,6+;/m1./s1. The van der Waals surface area contributed by atoms with Crippen LogP contribution < -0.4 is 5.73 Å². The first-order valence-corrected chi connectivity index (χ1v) is 3.27. The lowest BCUT2D eigenvalue weighted by Gasteiger charge is -2.11. The van der Waals surface area contributed by atoms with Crippen LogP contribution in [0, 0.1) is 0 Å². The summed E-state index contributed by atoms with van der Waals surface area (Å²) < 4.78 is 5.46. The maximum atomic E-state index is 5.69. The summed E-state index contributed by atoms with van der Waals surface area (Å²) in [6, 6.07) is 0.355. The molecule has 2 nitrogen and oxygen atoms in total. The first-order valence-electron chi connectivity index (χ1n) is 3.27. The average molecular weight is 150 g/mol. The van der Waals surface area contributed by atoms with E-state index >= 15 is 0 Å². The van der Waals surface area contributed by atoms with Gasteiger partial charge in [-0.15, -0.1) is 12.4 Å². The van der Waals surface area contributed by atoms with Gasteiger partial charge in [-0.25, -0.2) is 0 Å². The maximum Gasteiger partial charge on any atom is 0.0731 e. The van der Waals surface area contributed by atoms with Crippen molar-refractivity contribution in [1.82, 2.24) is 0 Å². The van der Waals surface area contributed by atoms with E-state index in [0.717, 1.165) is 6.42 Å². The molecule has 0 aromatic carbocycles. The Morgan fingerprint density at radius 2 is 2.11 bits per heavy atom. The zero-order valence-corrected chi connectivity index (χ0v) is 6.06. The summed E-state index contributed by atoms with van der Waals surface area (Å²) in [6.07, 6.45) is 4.49. The lowest BCUT2D eigenvalue weighted by Crippen LogP contribution is -2.30. The van der Waals surface area contributed by atoms with Gasteiger partial charge >= 0.3 is 0 Å². The normalized spacial score (nSPS) is 47.0. The van der Waals surface area contributed by atoms with Crippen LogP contribution in [-0.2, 0) is 4.74 Å². The summed E-state index contributed by atoms with van der Waals surface area (Å²) in [7, 11) is 0. The van der Waals surface area contributed by atoms with E-state index in [9.17, 15) is 0 Å². The second kappa shape index (κ2) is 2.45. The molecular weight excluding hydrogens is 138 g/mol. The van der Waals surface area contributed by atoms with Gasteiger partial charge in [0.2, 0.25) is 0 Å². The Bertz CT molecular complexity index is 107. The predicted molar refractivity (Wildman–Crippen MR) is 37.7 cm³/mol. The molecule has 2 heterocycles. The molecule has 0 saturated carbocycles. The quantitative estimate of drug-likeness (QED) is 0.550. The average Bonchev–Trinajstić information content (AvgIpc) is 2.23. The highest BCUT2D eigenvalue weighted by molar-refractivity contribution is 5.85. The highest BCUT2D eigenvalue weighted by Crippen LogP contribution is 2.32. The number of nitrogens with two attached hydrogens (primary N) is 1. The van der Waals surface area contributed by atoms with Crippen LogP contribution in [0.3, 0.4) is 0 Å². The maximum absolute atomic E-state index is 5.69. The molecule has 2 aliphatic rings. The number of halogens is 1. The van der Waals surface area contributed by atoms with E-state index in [0.29, 0.717) is 18.2 Å². The van der Waals surface area contributed by atoms with Crippen LogP contribution in [0.4, 0.5) is 0 Å². The number of hydrogen-bond acceptors (Lipinski definition) is 2. The molecule has 2 bridgehead atoms. The van der Waals surface area contributed by atoms with E-state index in [4.69, 9.17) is 10.5 Å². The third-order valence-electron chi connectivity index (χ3n) is 2.15. The van der Waals surface area contributed by atoms with E-state index in [1.807, 2.05) is 0 Å². The summed E-state index contributed by atoms with van der Waals surface area (Å²) in [6.45, 7) is 0. The summed E-state index contributed by atoms with van der Waals surface area (Å²) in [5.41, 5.74) is 5.69. The van der Waals surface area contributed by atoms with Crippen LogP contribution >= 0.6 is 12.4 Å². The molecule has 3 atom stereocenters. The van der Waals surface area contributed by atoms with Crippen molar-refractivity contribution in [1.29, 1.82) is 0 Å². The SMILES string of the molecule is Cl.N[C@@H]1C[C@H]2CC[C@@H]1O2. The minimum Gasteiger partial charge on any atom is -0.373 e. The number of ether oxygens (including phenoxy) is 1. The third kappa shape index (κ3) is 1.07. The minimum absolute atomic E-state index is 0. The van der Waals surface area contributed by atoms with Gasteiger partial charge in [0, 0.05) is 6.04 Å². The molecule has 3 heteroatoms. The van der Waals surface area contributed by atoms with Crippen LogP contribution in [0.2, 0.25) is 0 Å². The number of rotatable bonds is 0. The lowest BCUT2D eigenvalue weighted by atomic mass is 9.97. The number of hydrogen-bond donors (Lipinski definition) is 1. The monoisotopic (exact) mass is 149 g/mol. The van der Waals surface area contributed by atoms with E-state index in [1.54, 1.807) is 0 Å².